The lowest BCUT2D eigenvalue weighted by Crippen LogP contribution is -2.41. The molecule has 5 nitrogen and oxygen atoms in total. The number of hydrogen-bond acceptors (Lipinski definition) is 5. The Morgan fingerprint density at radius 3 is 2.67 bits per heavy atom. The van der Waals surface area contributed by atoms with E-state index in [1.165, 1.54) is 22.7 Å². The molecule has 1 saturated carbocycles. The molecule has 134 valence electrons. The van der Waals surface area contributed by atoms with Gasteiger partial charge in [-0.2, -0.15) is 0 Å². The number of thiol groups is 1. The largest absolute Gasteiger partial charge is 0.353 e. The van der Waals surface area contributed by atoms with Crippen LogP contribution >= 0.6 is 12.8 Å². The molecule has 1 fully saturated rings. The standard InChI is InChI=1S/C18H29N3O2S/c1-19-16(10-14-6-4-3-5-7-14)12-20-13-23-17(11-15-8-9-15)18(22)21(2)24/h3-7,15-17,19-20,24H,8-13H2,1-2H3. The summed E-state index contributed by atoms with van der Waals surface area (Å²) in [4.78, 5) is 12.1. The van der Waals surface area contributed by atoms with E-state index in [1.807, 2.05) is 13.1 Å². The Kier molecular flexibility index (Phi) is 8.05. The molecule has 1 aliphatic carbocycles. The van der Waals surface area contributed by atoms with Gasteiger partial charge in [-0.1, -0.05) is 56.0 Å². The maximum Gasteiger partial charge on any atom is 0.261 e. The third-order valence-electron chi connectivity index (χ3n) is 4.35. The van der Waals surface area contributed by atoms with Gasteiger partial charge in [-0.05, 0) is 31.4 Å². The van der Waals surface area contributed by atoms with Crippen molar-refractivity contribution in [1.82, 2.24) is 14.9 Å². The zero-order valence-electron chi connectivity index (χ0n) is 14.6. The minimum Gasteiger partial charge on any atom is -0.353 e. The Labute approximate surface area is 150 Å². The van der Waals surface area contributed by atoms with E-state index >= 15 is 0 Å². The van der Waals surface area contributed by atoms with E-state index in [1.54, 1.807) is 7.05 Å². The quantitative estimate of drug-likeness (QED) is 0.324. The second kappa shape index (κ2) is 10.0. The molecule has 2 atom stereocenters. The van der Waals surface area contributed by atoms with E-state index in [4.69, 9.17) is 4.74 Å². The minimum absolute atomic E-state index is 0.0681. The van der Waals surface area contributed by atoms with Gasteiger partial charge in [-0.15, -0.1) is 0 Å². The molecule has 0 spiro atoms. The maximum atomic E-state index is 12.1. The third-order valence-corrected chi connectivity index (χ3v) is 4.55. The Balaban J connectivity index is 1.71. The molecule has 6 heteroatoms. The van der Waals surface area contributed by atoms with Crippen LogP contribution < -0.4 is 10.6 Å². The maximum absolute atomic E-state index is 12.1. The minimum atomic E-state index is -0.394. The van der Waals surface area contributed by atoms with Crippen molar-refractivity contribution in [1.29, 1.82) is 0 Å². The van der Waals surface area contributed by atoms with Crippen LogP contribution in [0, 0.1) is 5.92 Å². The van der Waals surface area contributed by atoms with E-state index in [-0.39, 0.29) is 5.91 Å². The number of carbonyl (C=O) groups is 1. The number of nitrogens with one attached hydrogen (secondary N) is 2. The zero-order chi connectivity index (χ0) is 17.4. The second-order valence-electron chi connectivity index (χ2n) is 6.47. The van der Waals surface area contributed by atoms with Crippen LogP contribution in [-0.4, -0.2) is 49.7 Å². The van der Waals surface area contributed by atoms with Crippen molar-refractivity contribution in [3.63, 3.8) is 0 Å². The summed E-state index contributed by atoms with van der Waals surface area (Å²) in [7, 11) is 3.62. The highest BCUT2D eigenvalue weighted by Crippen LogP contribution is 2.34. The lowest BCUT2D eigenvalue weighted by molar-refractivity contribution is -0.138. The summed E-state index contributed by atoms with van der Waals surface area (Å²) in [5, 5.41) is 6.61. The van der Waals surface area contributed by atoms with Crippen LogP contribution in [0.1, 0.15) is 24.8 Å². The first-order valence-electron chi connectivity index (χ1n) is 8.60. The zero-order valence-corrected chi connectivity index (χ0v) is 15.5. The van der Waals surface area contributed by atoms with Crippen LogP contribution in [-0.2, 0) is 16.0 Å². The molecule has 0 aliphatic heterocycles. The highest BCUT2D eigenvalue weighted by Gasteiger charge is 2.31. The molecule has 1 aromatic carbocycles. The predicted octanol–water partition coefficient (Wildman–Crippen LogP) is 1.85. The summed E-state index contributed by atoms with van der Waals surface area (Å²) in [5.41, 5.74) is 1.30. The summed E-state index contributed by atoms with van der Waals surface area (Å²) in [6, 6.07) is 10.7. The van der Waals surface area contributed by atoms with E-state index in [9.17, 15) is 4.79 Å². The van der Waals surface area contributed by atoms with Gasteiger partial charge in [-0.3, -0.25) is 14.4 Å². The molecule has 0 radical (unpaired) electrons. The number of nitrogens with zero attached hydrogens (tertiary/aromatic N) is 1. The first-order chi connectivity index (χ1) is 11.6. The molecule has 2 rings (SSSR count). The molecule has 0 bridgehead atoms. The number of ether oxygens (including phenoxy) is 1. The second-order valence-corrected chi connectivity index (χ2v) is 7.07. The van der Waals surface area contributed by atoms with Crippen LogP contribution in [0.5, 0.6) is 0 Å². The predicted molar refractivity (Wildman–Crippen MR) is 99.8 cm³/mol. The van der Waals surface area contributed by atoms with Crippen LogP contribution in [0.25, 0.3) is 0 Å². The van der Waals surface area contributed by atoms with Gasteiger partial charge in [0.2, 0.25) is 0 Å². The van der Waals surface area contributed by atoms with Crippen molar-refractivity contribution in [3.8, 4) is 0 Å². The summed E-state index contributed by atoms with van der Waals surface area (Å²) >= 11 is 4.10. The van der Waals surface area contributed by atoms with Gasteiger partial charge in [0.05, 0.1) is 6.73 Å². The van der Waals surface area contributed by atoms with Gasteiger partial charge in [-0.25, -0.2) is 0 Å². The van der Waals surface area contributed by atoms with Crippen LogP contribution in [0.15, 0.2) is 30.3 Å². The molecule has 2 N–H and O–H groups in total. The lowest BCUT2D eigenvalue weighted by Gasteiger charge is -2.22. The monoisotopic (exact) mass is 351 g/mol. The van der Waals surface area contributed by atoms with Gasteiger partial charge >= 0.3 is 0 Å². The summed E-state index contributed by atoms with van der Waals surface area (Å²) in [6.45, 7) is 1.16. The van der Waals surface area contributed by atoms with Crippen LogP contribution in [0.4, 0.5) is 0 Å². The van der Waals surface area contributed by atoms with Crippen molar-refractivity contribution in [2.75, 3.05) is 27.4 Å². The smallest absolute Gasteiger partial charge is 0.261 e. The van der Waals surface area contributed by atoms with Gasteiger partial charge in [0.25, 0.3) is 5.91 Å². The summed E-state index contributed by atoms with van der Waals surface area (Å²) in [6.07, 6.45) is 3.76. The SMILES string of the molecule is CNC(CNCOC(CC1CC1)C(=O)N(C)S)Cc1ccccc1. The molecule has 2 unspecified atom stereocenters. The number of benzene rings is 1. The molecule has 1 aromatic rings. The molecule has 0 saturated heterocycles. The first kappa shape index (κ1) is 19.2. The van der Waals surface area contributed by atoms with Crippen LogP contribution in [0.3, 0.4) is 0 Å². The van der Waals surface area contributed by atoms with E-state index < -0.39 is 6.10 Å². The highest BCUT2D eigenvalue weighted by molar-refractivity contribution is 7.78. The fraction of sp³-hybridized carbons (Fsp3) is 0.611. The Morgan fingerprint density at radius 2 is 2.08 bits per heavy atom. The topological polar surface area (TPSA) is 53.6 Å². The lowest BCUT2D eigenvalue weighted by atomic mass is 10.1. The average molecular weight is 352 g/mol. The van der Waals surface area contributed by atoms with Gasteiger partial charge in [0.1, 0.15) is 6.10 Å². The third kappa shape index (κ3) is 6.81. The molecule has 1 aliphatic rings. The van der Waals surface area contributed by atoms with Crippen molar-refractivity contribution < 1.29 is 9.53 Å². The van der Waals surface area contributed by atoms with Gasteiger partial charge in [0.15, 0.2) is 0 Å². The van der Waals surface area contributed by atoms with E-state index in [2.05, 4.69) is 47.7 Å². The van der Waals surface area contributed by atoms with Gasteiger partial charge < -0.3 is 10.1 Å². The Morgan fingerprint density at radius 1 is 1.38 bits per heavy atom. The molecular weight excluding hydrogens is 322 g/mol. The van der Waals surface area contributed by atoms with Gasteiger partial charge in [0, 0.05) is 19.6 Å². The Bertz CT molecular complexity index is 494. The molecule has 0 heterocycles. The summed E-state index contributed by atoms with van der Waals surface area (Å²) < 4.78 is 7.10. The highest BCUT2D eigenvalue weighted by atomic mass is 32.1. The fourth-order valence-electron chi connectivity index (χ4n) is 2.67. The summed E-state index contributed by atoms with van der Waals surface area (Å²) in [5.74, 6) is 0.567. The van der Waals surface area contributed by atoms with Crippen molar-refractivity contribution in [3.05, 3.63) is 35.9 Å². The fourth-order valence-corrected chi connectivity index (χ4v) is 2.80. The van der Waals surface area contributed by atoms with Crippen molar-refractivity contribution in [2.24, 2.45) is 5.92 Å². The van der Waals surface area contributed by atoms with Crippen LogP contribution in [0.2, 0.25) is 0 Å². The number of carbonyl (C=O) groups excluding carboxylic acids is 1. The van der Waals surface area contributed by atoms with E-state index in [0.29, 0.717) is 18.7 Å². The molecular formula is C18H29N3O2S. The molecule has 24 heavy (non-hydrogen) atoms. The normalized spacial score (nSPS) is 16.6. The van der Waals surface area contributed by atoms with E-state index in [0.717, 1.165) is 19.4 Å². The average Bonchev–Trinajstić information content (AvgIpc) is 3.40. The molecule has 1 amide bonds. The number of amides is 1. The Hall–Kier alpha value is -1.08. The number of likely N-dealkylation sites (N-methyl/N-ethyl adjacent to an activating group) is 2. The number of rotatable bonds is 11. The number of hydrogen-bond donors (Lipinski definition) is 3. The first-order valence-corrected chi connectivity index (χ1v) is 9.00. The van der Waals surface area contributed by atoms with Crippen molar-refractivity contribution >= 4 is 18.7 Å². The molecule has 0 aromatic heterocycles. The van der Waals surface area contributed by atoms with Crippen molar-refractivity contribution in [2.45, 2.75) is 37.8 Å².